The summed E-state index contributed by atoms with van der Waals surface area (Å²) < 4.78 is 37.8. The van der Waals surface area contributed by atoms with Gasteiger partial charge in [0.2, 0.25) is 0 Å². The predicted molar refractivity (Wildman–Crippen MR) is 92.8 cm³/mol. The molecular weight excluding hydrogens is 346 g/mol. The normalized spacial score (nSPS) is 11.0. The maximum absolute atomic E-state index is 12.5. The molecule has 0 spiro atoms. The summed E-state index contributed by atoms with van der Waals surface area (Å²) in [5, 5.41) is 8.68. The number of nitrogens with one attached hydrogen (secondary N) is 1. The van der Waals surface area contributed by atoms with Gasteiger partial charge in [0.1, 0.15) is 11.5 Å². The van der Waals surface area contributed by atoms with Crippen LogP contribution >= 0.6 is 0 Å². The molecule has 0 radical (unpaired) electrons. The van der Waals surface area contributed by atoms with Gasteiger partial charge < -0.3 is 14.6 Å². The Hall–Kier alpha value is -2.74. The van der Waals surface area contributed by atoms with Gasteiger partial charge >= 0.3 is 5.97 Å². The Balaban J connectivity index is 2.20. The molecule has 0 unspecified atom stereocenters. The molecule has 2 aromatic rings. The molecule has 8 heteroatoms. The summed E-state index contributed by atoms with van der Waals surface area (Å²) in [5.74, 6) is -0.0199. The van der Waals surface area contributed by atoms with Crippen LogP contribution in [-0.4, -0.2) is 33.7 Å². The minimum atomic E-state index is -3.80. The molecule has 0 amide bonds. The first kappa shape index (κ1) is 18.6. The van der Waals surface area contributed by atoms with Gasteiger partial charge in [-0.3, -0.25) is 9.52 Å². The Kier molecular flexibility index (Phi) is 5.87. The molecule has 2 N–H and O–H groups in total. The molecule has 0 aliphatic rings. The van der Waals surface area contributed by atoms with Crippen molar-refractivity contribution in [1.29, 1.82) is 0 Å². The van der Waals surface area contributed by atoms with Gasteiger partial charge in [-0.2, -0.15) is 0 Å². The third kappa shape index (κ3) is 4.87. The van der Waals surface area contributed by atoms with E-state index in [1.807, 2.05) is 0 Å². The molecule has 0 heterocycles. The zero-order chi connectivity index (χ0) is 18.4. The summed E-state index contributed by atoms with van der Waals surface area (Å²) in [7, 11) is -0.862. The lowest BCUT2D eigenvalue weighted by Gasteiger charge is -2.13. The van der Waals surface area contributed by atoms with E-state index < -0.39 is 16.0 Å². The second kappa shape index (κ2) is 7.89. The van der Waals surface area contributed by atoms with Crippen LogP contribution in [0, 0.1) is 0 Å². The highest BCUT2D eigenvalue weighted by Gasteiger charge is 2.17. The summed E-state index contributed by atoms with van der Waals surface area (Å²) in [4.78, 5) is 10.7. The number of aliphatic carboxylic acids is 1. The highest BCUT2D eigenvalue weighted by Crippen LogP contribution is 2.30. The van der Waals surface area contributed by atoms with Gasteiger partial charge in [-0.05, 0) is 36.2 Å². The quantitative estimate of drug-likeness (QED) is 0.745. The van der Waals surface area contributed by atoms with Crippen molar-refractivity contribution in [3.05, 3.63) is 48.0 Å². The molecule has 0 aliphatic carbocycles. The highest BCUT2D eigenvalue weighted by atomic mass is 32.2. The second-order valence-corrected chi connectivity index (χ2v) is 6.89. The minimum Gasteiger partial charge on any atom is -0.497 e. The van der Waals surface area contributed by atoms with Crippen LogP contribution in [0.5, 0.6) is 11.5 Å². The topological polar surface area (TPSA) is 102 Å². The summed E-state index contributed by atoms with van der Waals surface area (Å²) in [6.45, 7) is 0. The SMILES string of the molecule is COc1ccc(NS(=O)(=O)c2ccc(CCC(=O)O)cc2)c(OC)c1. The van der Waals surface area contributed by atoms with Gasteiger partial charge in [-0.1, -0.05) is 12.1 Å². The van der Waals surface area contributed by atoms with E-state index in [2.05, 4.69) is 4.72 Å². The molecule has 7 nitrogen and oxygen atoms in total. The fourth-order valence-corrected chi connectivity index (χ4v) is 3.24. The number of carboxylic acid groups (broad SMARTS) is 1. The number of ether oxygens (including phenoxy) is 2. The lowest BCUT2D eigenvalue weighted by atomic mass is 10.1. The number of carbonyl (C=O) groups is 1. The Morgan fingerprint density at radius 3 is 2.32 bits per heavy atom. The van der Waals surface area contributed by atoms with Crippen LogP contribution in [0.4, 0.5) is 5.69 Å². The Morgan fingerprint density at radius 2 is 1.76 bits per heavy atom. The first-order chi connectivity index (χ1) is 11.9. The number of anilines is 1. The van der Waals surface area contributed by atoms with Gasteiger partial charge in [0.15, 0.2) is 0 Å². The molecule has 134 valence electrons. The molecule has 2 rings (SSSR count). The third-order valence-electron chi connectivity index (χ3n) is 3.51. The molecule has 0 saturated heterocycles. The fraction of sp³-hybridized carbons (Fsp3) is 0.235. The van der Waals surface area contributed by atoms with Gasteiger partial charge in [0.25, 0.3) is 10.0 Å². The largest absolute Gasteiger partial charge is 0.497 e. The maximum Gasteiger partial charge on any atom is 0.303 e. The number of hydrogen-bond donors (Lipinski definition) is 2. The number of aryl methyl sites for hydroxylation is 1. The van der Waals surface area contributed by atoms with Crippen molar-refractivity contribution in [1.82, 2.24) is 0 Å². The predicted octanol–water partition coefficient (Wildman–Crippen LogP) is 2.52. The van der Waals surface area contributed by atoms with Crippen molar-refractivity contribution < 1.29 is 27.8 Å². The van der Waals surface area contributed by atoms with Gasteiger partial charge in [0, 0.05) is 12.5 Å². The number of methoxy groups -OCH3 is 2. The van der Waals surface area contributed by atoms with E-state index >= 15 is 0 Å². The molecule has 0 bridgehead atoms. The smallest absolute Gasteiger partial charge is 0.303 e. The average molecular weight is 365 g/mol. The van der Waals surface area contributed by atoms with Crippen molar-refractivity contribution in [3.63, 3.8) is 0 Å². The molecule has 0 fully saturated rings. The van der Waals surface area contributed by atoms with E-state index in [1.165, 1.54) is 26.4 Å². The van der Waals surface area contributed by atoms with E-state index in [0.717, 1.165) is 5.56 Å². The van der Waals surface area contributed by atoms with Crippen molar-refractivity contribution in [3.8, 4) is 11.5 Å². The molecule has 25 heavy (non-hydrogen) atoms. The van der Waals surface area contributed by atoms with Crippen molar-refractivity contribution in [2.24, 2.45) is 0 Å². The molecular formula is C17H19NO6S. The van der Waals surface area contributed by atoms with E-state index in [9.17, 15) is 13.2 Å². The van der Waals surface area contributed by atoms with Crippen molar-refractivity contribution in [2.45, 2.75) is 17.7 Å². The van der Waals surface area contributed by atoms with E-state index in [0.29, 0.717) is 23.6 Å². The minimum absolute atomic E-state index is 0.00655. The number of sulfonamides is 1. The lowest BCUT2D eigenvalue weighted by Crippen LogP contribution is -2.13. The number of rotatable bonds is 8. The van der Waals surface area contributed by atoms with Crippen LogP contribution in [0.3, 0.4) is 0 Å². The number of carboxylic acids is 1. The Bertz CT molecular complexity index is 846. The zero-order valence-electron chi connectivity index (χ0n) is 13.9. The van der Waals surface area contributed by atoms with E-state index in [-0.39, 0.29) is 11.3 Å². The Morgan fingerprint density at radius 1 is 1.08 bits per heavy atom. The van der Waals surface area contributed by atoms with Crippen LogP contribution in [0.1, 0.15) is 12.0 Å². The lowest BCUT2D eigenvalue weighted by molar-refractivity contribution is -0.136. The van der Waals surface area contributed by atoms with E-state index in [4.69, 9.17) is 14.6 Å². The number of hydrogen-bond acceptors (Lipinski definition) is 5. The van der Waals surface area contributed by atoms with Crippen LogP contribution in [-0.2, 0) is 21.2 Å². The molecule has 2 aromatic carbocycles. The zero-order valence-corrected chi connectivity index (χ0v) is 14.7. The van der Waals surface area contributed by atoms with Crippen LogP contribution in [0.2, 0.25) is 0 Å². The van der Waals surface area contributed by atoms with Crippen molar-refractivity contribution >= 4 is 21.7 Å². The highest BCUT2D eigenvalue weighted by molar-refractivity contribution is 7.92. The number of benzene rings is 2. The Labute approximate surface area is 146 Å². The van der Waals surface area contributed by atoms with Gasteiger partial charge in [0.05, 0.1) is 24.8 Å². The molecule has 0 aromatic heterocycles. The van der Waals surface area contributed by atoms with Crippen LogP contribution < -0.4 is 14.2 Å². The molecule has 0 aliphatic heterocycles. The van der Waals surface area contributed by atoms with Crippen LogP contribution in [0.15, 0.2) is 47.4 Å². The first-order valence-electron chi connectivity index (χ1n) is 7.41. The summed E-state index contributed by atoms with van der Waals surface area (Å²) in [5.41, 5.74) is 1.04. The van der Waals surface area contributed by atoms with Crippen molar-refractivity contribution in [2.75, 3.05) is 18.9 Å². The molecule has 0 saturated carbocycles. The maximum atomic E-state index is 12.5. The first-order valence-corrected chi connectivity index (χ1v) is 8.89. The standard InChI is InChI=1S/C17H19NO6S/c1-23-13-6-9-15(16(11-13)24-2)18-25(21,22)14-7-3-12(4-8-14)5-10-17(19)20/h3-4,6-9,11,18H,5,10H2,1-2H3,(H,19,20). The fourth-order valence-electron chi connectivity index (χ4n) is 2.17. The van der Waals surface area contributed by atoms with Gasteiger partial charge in [-0.25, -0.2) is 8.42 Å². The van der Waals surface area contributed by atoms with E-state index in [1.54, 1.807) is 30.3 Å². The summed E-state index contributed by atoms with van der Waals surface area (Å²) in [6, 6.07) is 10.8. The average Bonchev–Trinajstić information content (AvgIpc) is 2.60. The third-order valence-corrected chi connectivity index (χ3v) is 4.90. The molecule has 0 atom stereocenters. The summed E-state index contributed by atoms with van der Waals surface area (Å²) in [6.07, 6.45) is 0.336. The second-order valence-electron chi connectivity index (χ2n) is 5.21. The monoisotopic (exact) mass is 365 g/mol. The van der Waals surface area contributed by atoms with Crippen LogP contribution in [0.25, 0.3) is 0 Å². The van der Waals surface area contributed by atoms with Gasteiger partial charge in [-0.15, -0.1) is 0 Å². The summed E-state index contributed by atoms with van der Waals surface area (Å²) >= 11 is 0.